The summed E-state index contributed by atoms with van der Waals surface area (Å²) >= 11 is 0. The van der Waals surface area contributed by atoms with Gasteiger partial charge in [0.1, 0.15) is 17.5 Å². The van der Waals surface area contributed by atoms with Crippen LogP contribution in [0.5, 0.6) is 0 Å². The standard InChI is InChI=1S/C15H16FN3O3/c1-22-7-6-17-13-9-12(15(20)21)18-14(19-13)8-10-4-2-3-5-11(10)16/h2-5,9H,6-8H2,1H3,(H,20,21)(H,17,18,19). The Morgan fingerprint density at radius 1 is 1.36 bits per heavy atom. The Morgan fingerprint density at radius 2 is 2.14 bits per heavy atom. The average molecular weight is 305 g/mol. The topological polar surface area (TPSA) is 84.3 Å². The molecule has 0 fully saturated rings. The number of benzene rings is 1. The van der Waals surface area contributed by atoms with Crippen LogP contribution in [0.4, 0.5) is 10.2 Å². The van der Waals surface area contributed by atoms with Gasteiger partial charge in [0.25, 0.3) is 0 Å². The predicted octanol–water partition coefficient (Wildman–Crippen LogP) is 1.96. The van der Waals surface area contributed by atoms with E-state index in [2.05, 4.69) is 15.3 Å². The molecule has 2 N–H and O–H groups in total. The number of aromatic carboxylic acids is 1. The largest absolute Gasteiger partial charge is 0.477 e. The average Bonchev–Trinajstić information content (AvgIpc) is 2.50. The molecule has 1 aromatic heterocycles. The number of aromatic nitrogens is 2. The van der Waals surface area contributed by atoms with Crippen LogP contribution in [0, 0.1) is 5.82 Å². The molecule has 116 valence electrons. The minimum Gasteiger partial charge on any atom is -0.477 e. The highest BCUT2D eigenvalue weighted by Gasteiger charge is 2.12. The summed E-state index contributed by atoms with van der Waals surface area (Å²) in [4.78, 5) is 19.3. The SMILES string of the molecule is COCCNc1cc(C(=O)O)nc(Cc2ccccc2F)n1. The van der Waals surface area contributed by atoms with Gasteiger partial charge < -0.3 is 15.2 Å². The van der Waals surface area contributed by atoms with E-state index in [9.17, 15) is 9.18 Å². The quantitative estimate of drug-likeness (QED) is 0.761. The van der Waals surface area contributed by atoms with Crippen molar-refractivity contribution in [1.29, 1.82) is 0 Å². The molecule has 0 saturated carbocycles. The van der Waals surface area contributed by atoms with E-state index in [0.717, 1.165) is 0 Å². The molecular formula is C15H16FN3O3. The van der Waals surface area contributed by atoms with E-state index in [-0.39, 0.29) is 23.8 Å². The summed E-state index contributed by atoms with van der Waals surface area (Å²) in [5, 5.41) is 12.1. The fourth-order valence-corrected chi connectivity index (χ4v) is 1.87. The zero-order valence-electron chi connectivity index (χ0n) is 12.0. The molecule has 0 radical (unpaired) electrons. The number of carboxylic acid groups (broad SMARTS) is 1. The van der Waals surface area contributed by atoms with Crippen LogP contribution in [0.15, 0.2) is 30.3 Å². The lowest BCUT2D eigenvalue weighted by molar-refractivity contribution is 0.0690. The summed E-state index contributed by atoms with van der Waals surface area (Å²) in [5.41, 5.74) is 0.272. The highest BCUT2D eigenvalue weighted by Crippen LogP contribution is 2.13. The summed E-state index contributed by atoms with van der Waals surface area (Å²) in [6.45, 7) is 0.931. The van der Waals surface area contributed by atoms with Crippen LogP contribution >= 0.6 is 0 Å². The van der Waals surface area contributed by atoms with Gasteiger partial charge >= 0.3 is 5.97 Å². The molecule has 0 spiro atoms. The first-order valence-corrected chi connectivity index (χ1v) is 6.67. The van der Waals surface area contributed by atoms with Gasteiger partial charge in [0.15, 0.2) is 5.69 Å². The minimum absolute atomic E-state index is 0.118. The molecule has 0 atom stereocenters. The van der Waals surface area contributed by atoms with Crippen LogP contribution in [0.3, 0.4) is 0 Å². The van der Waals surface area contributed by atoms with Crippen molar-refractivity contribution in [2.24, 2.45) is 0 Å². The number of ether oxygens (including phenoxy) is 1. The Morgan fingerprint density at radius 3 is 2.82 bits per heavy atom. The number of anilines is 1. The second-order valence-electron chi connectivity index (χ2n) is 4.55. The monoisotopic (exact) mass is 305 g/mol. The number of carboxylic acids is 1. The summed E-state index contributed by atoms with van der Waals surface area (Å²) in [5.74, 6) is -0.923. The molecule has 7 heteroatoms. The van der Waals surface area contributed by atoms with Crippen LogP contribution in [-0.4, -0.2) is 41.3 Å². The lowest BCUT2D eigenvalue weighted by atomic mass is 10.1. The highest BCUT2D eigenvalue weighted by molar-refractivity contribution is 5.86. The lowest BCUT2D eigenvalue weighted by Gasteiger charge is -2.08. The molecule has 22 heavy (non-hydrogen) atoms. The van der Waals surface area contributed by atoms with Crippen LogP contribution in [-0.2, 0) is 11.2 Å². The van der Waals surface area contributed by atoms with E-state index in [1.807, 2.05) is 0 Å². The number of hydrogen-bond acceptors (Lipinski definition) is 5. The highest BCUT2D eigenvalue weighted by atomic mass is 19.1. The first-order chi connectivity index (χ1) is 10.6. The summed E-state index contributed by atoms with van der Waals surface area (Å²) in [7, 11) is 1.56. The predicted molar refractivity (Wildman–Crippen MR) is 78.6 cm³/mol. The van der Waals surface area contributed by atoms with E-state index in [1.165, 1.54) is 12.1 Å². The summed E-state index contributed by atoms with van der Waals surface area (Å²) in [6.07, 6.45) is 0.118. The third-order valence-corrected chi connectivity index (χ3v) is 2.91. The van der Waals surface area contributed by atoms with E-state index in [4.69, 9.17) is 9.84 Å². The van der Waals surface area contributed by atoms with Crippen molar-refractivity contribution in [2.45, 2.75) is 6.42 Å². The third-order valence-electron chi connectivity index (χ3n) is 2.91. The molecule has 0 amide bonds. The summed E-state index contributed by atoms with van der Waals surface area (Å²) in [6, 6.07) is 7.59. The van der Waals surface area contributed by atoms with Gasteiger partial charge in [-0.15, -0.1) is 0 Å². The molecule has 0 saturated heterocycles. The van der Waals surface area contributed by atoms with Gasteiger partial charge in [-0.05, 0) is 11.6 Å². The summed E-state index contributed by atoms with van der Waals surface area (Å²) < 4.78 is 18.6. The van der Waals surface area contributed by atoms with Crippen LogP contribution in [0.25, 0.3) is 0 Å². The van der Waals surface area contributed by atoms with Crippen LogP contribution in [0.1, 0.15) is 21.9 Å². The van der Waals surface area contributed by atoms with E-state index < -0.39 is 5.97 Å². The van der Waals surface area contributed by atoms with Crippen molar-refractivity contribution < 1.29 is 19.0 Å². The molecule has 0 aliphatic heterocycles. The first-order valence-electron chi connectivity index (χ1n) is 6.67. The number of hydrogen-bond donors (Lipinski definition) is 2. The van der Waals surface area contributed by atoms with E-state index in [1.54, 1.807) is 25.3 Å². The second-order valence-corrected chi connectivity index (χ2v) is 4.55. The number of nitrogens with zero attached hydrogens (tertiary/aromatic N) is 2. The van der Waals surface area contributed by atoms with Gasteiger partial charge in [0.2, 0.25) is 0 Å². The van der Waals surface area contributed by atoms with Crippen molar-refractivity contribution in [3.05, 3.63) is 53.2 Å². The molecule has 2 aromatic rings. The number of carbonyl (C=O) groups is 1. The Kier molecular flexibility index (Phi) is 5.37. The van der Waals surface area contributed by atoms with Gasteiger partial charge in [-0.2, -0.15) is 0 Å². The number of rotatable bonds is 7. The zero-order chi connectivity index (χ0) is 15.9. The van der Waals surface area contributed by atoms with Crippen molar-refractivity contribution in [3.8, 4) is 0 Å². The van der Waals surface area contributed by atoms with Crippen LogP contribution in [0.2, 0.25) is 0 Å². The van der Waals surface area contributed by atoms with Gasteiger partial charge in [0.05, 0.1) is 6.61 Å². The molecule has 6 nitrogen and oxygen atoms in total. The zero-order valence-corrected chi connectivity index (χ0v) is 12.0. The molecule has 0 aliphatic rings. The molecule has 0 bridgehead atoms. The maximum absolute atomic E-state index is 13.7. The Hall–Kier alpha value is -2.54. The fourth-order valence-electron chi connectivity index (χ4n) is 1.87. The Bertz CT molecular complexity index is 664. The van der Waals surface area contributed by atoms with Crippen LogP contribution < -0.4 is 5.32 Å². The van der Waals surface area contributed by atoms with Crippen molar-refractivity contribution in [1.82, 2.24) is 9.97 Å². The number of methoxy groups -OCH3 is 1. The molecule has 0 unspecified atom stereocenters. The molecule has 2 rings (SSSR count). The molecule has 1 heterocycles. The van der Waals surface area contributed by atoms with E-state index >= 15 is 0 Å². The van der Waals surface area contributed by atoms with Crippen molar-refractivity contribution >= 4 is 11.8 Å². The molecular weight excluding hydrogens is 289 g/mol. The van der Waals surface area contributed by atoms with E-state index in [0.29, 0.717) is 24.5 Å². The number of halogens is 1. The Labute approximate surface area is 127 Å². The van der Waals surface area contributed by atoms with Gasteiger partial charge in [-0.25, -0.2) is 19.2 Å². The molecule has 0 aliphatic carbocycles. The van der Waals surface area contributed by atoms with Gasteiger partial charge in [0, 0.05) is 26.1 Å². The van der Waals surface area contributed by atoms with Crippen molar-refractivity contribution in [3.63, 3.8) is 0 Å². The Balaban J connectivity index is 2.25. The van der Waals surface area contributed by atoms with Gasteiger partial charge in [-0.1, -0.05) is 18.2 Å². The molecule has 1 aromatic carbocycles. The first kappa shape index (κ1) is 15.8. The fraction of sp³-hybridized carbons (Fsp3) is 0.267. The second kappa shape index (κ2) is 7.46. The maximum atomic E-state index is 13.7. The minimum atomic E-state index is -1.16. The third kappa shape index (κ3) is 4.23. The maximum Gasteiger partial charge on any atom is 0.354 e. The normalized spacial score (nSPS) is 10.5. The van der Waals surface area contributed by atoms with Crippen molar-refractivity contribution in [2.75, 3.05) is 25.6 Å². The lowest BCUT2D eigenvalue weighted by Crippen LogP contribution is -2.13. The smallest absolute Gasteiger partial charge is 0.354 e. The van der Waals surface area contributed by atoms with Gasteiger partial charge in [-0.3, -0.25) is 0 Å². The number of nitrogens with one attached hydrogen (secondary N) is 1.